The second-order valence-corrected chi connectivity index (χ2v) is 7.92. The second kappa shape index (κ2) is 10.8. The lowest BCUT2D eigenvalue weighted by Crippen LogP contribution is -2.04. The number of hydrogen-bond acceptors (Lipinski definition) is 3. The SMILES string of the molecule is CCCCCCCCCC(CC)c1ccc(S(=O)(=O)OC)cc1. The third-order valence-corrected chi connectivity index (χ3v) is 5.80. The van der Waals surface area contributed by atoms with Crippen molar-refractivity contribution in [2.45, 2.75) is 82.4 Å². The maximum atomic E-state index is 11.6. The Morgan fingerprint density at radius 3 is 2.00 bits per heavy atom. The second-order valence-electron chi connectivity index (χ2n) is 6.20. The van der Waals surface area contributed by atoms with Crippen molar-refractivity contribution >= 4 is 10.1 Å². The first-order valence-corrected chi connectivity index (χ1v) is 10.4. The van der Waals surface area contributed by atoms with Crippen molar-refractivity contribution in [1.29, 1.82) is 0 Å². The smallest absolute Gasteiger partial charge is 0.270 e. The van der Waals surface area contributed by atoms with Crippen LogP contribution >= 0.6 is 0 Å². The highest BCUT2D eigenvalue weighted by Crippen LogP contribution is 2.27. The Bertz CT molecular complexity index is 520. The zero-order valence-electron chi connectivity index (χ0n) is 14.9. The van der Waals surface area contributed by atoms with Gasteiger partial charge < -0.3 is 0 Å². The summed E-state index contributed by atoms with van der Waals surface area (Å²) >= 11 is 0. The van der Waals surface area contributed by atoms with Gasteiger partial charge in [0, 0.05) is 0 Å². The van der Waals surface area contributed by atoms with E-state index in [-0.39, 0.29) is 4.90 Å². The van der Waals surface area contributed by atoms with Crippen LogP contribution < -0.4 is 0 Å². The minimum Gasteiger partial charge on any atom is -0.270 e. The highest BCUT2D eigenvalue weighted by molar-refractivity contribution is 7.86. The number of rotatable bonds is 12. The summed E-state index contributed by atoms with van der Waals surface area (Å²) in [6, 6.07) is 7.17. The van der Waals surface area contributed by atoms with Crippen molar-refractivity contribution in [3.63, 3.8) is 0 Å². The highest BCUT2D eigenvalue weighted by atomic mass is 32.2. The maximum Gasteiger partial charge on any atom is 0.296 e. The Morgan fingerprint density at radius 2 is 1.48 bits per heavy atom. The zero-order valence-corrected chi connectivity index (χ0v) is 15.7. The van der Waals surface area contributed by atoms with Crippen LogP contribution in [0, 0.1) is 0 Å². The van der Waals surface area contributed by atoms with Crippen molar-refractivity contribution in [2.75, 3.05) is 7.11 Å². The molecule has 1 rings (SSSR count). The van der Waals surface area contributed by atoms with E-state index in [9.17, 15) is 8.42 Å². The average molecular weight is 341 g/mol. The molecule has 0 saturated carbocycles. The minimum absolute atomic E-state index is 0.231. The van der Waals surface area contributed by atoms with Crippen LogP contribution in [0.3, 0.4) is 0 Å². The summed E-state index contributed by atoms with van der Waals surface area (Å²) in [5, 5.41) is 0. The summed E-state index contributed by atoms with van der Waals surface area (Å²) in [6.45, 7) is 4.45. The van der Waals surface area contributed by atoms with Gasteiger partial charge in [0.2, 0.25) is 0 Å². The van der Waals surface area contributed by atoms with Crippen LogP contribution in [-0.2, 0) is 14.3 Å². The molecule has 0 aliphatic carbocycles. The molecule has 0 heterocycles. The molecule has 1 unspecified atom stereocenters. The van der Waals surface area contributed by atoms with E-state index in [2.05, 4.69) is 18.0 Å². The third-order valence-electron chi connectivity index (χ3n) is 4.51. The maximum absolute atomic E-state index is 11.6. The Labute approximate surface area is 142 Å². The summed E-state index contributed by atoms with van der Waals surface area (Å²) in [5.41, 5.74) is 1.23. The molecule has 0 fully saturated rings. The lowest BCUT2D eigenvalue weighted by Gasteiger charge is -2.15. The third kappa shape index (κ3) is 7.05. The summed E-state index contributed by atoms with van der Waals surface area (Å²) < 4.78 is 27.8. The molecule has 0 aliphatic heterocycles. The van der Waals surface area contributed by atoms with Gasteiger partial charge in [-0.15, -0.1) is 0 Å². The standard InChI is InChI=1S/C19H32O3S/c1-4-6-7-8-9-10-11-12-17(5-2)18-13-15-19(16-14-18)23(20,21)22-3/h13-17H,4-12H2,1-3H3. The Balaban J connectivity index is 2.45. The van der Waals surface area contributed by atoms with E-state index in [0.29, 0.717) is 5.92 Å². The largest absolute Gasteiger partial charge is 0.296 e. The first kappa shape index (κ1) is 20.2. The molecule has 0 N–H and O–H groups in total. The van der Waals surface area contributed by atoms with E-state index in [1.165, 1.54) is 64.0 Å². The van der Waals surface area contributed by atoms with Crippen molar-refractivity contribution in [3.05, 3.63) is 29.8 Å². The zero-order chi connectivity index (χ0) is 17.1. The predicted molar refractivity (Wildman–Crippen MR) is 96.3 cm³/mol. The van der Waals surface area contributed by atoms with Crippen LogP contribution in [0.2, 0.25) is 0 Å². The predicted octanol–water partition coefficient (Wildman–Crippen LogP) is 5.66. The highest BCUT2D eigenvalue weighted by Gasteiger charge is 2.14. The molecule has 1 atom stereocenters. The van der Waals surface area contributed by atoms with Gasteiger partial charge in [-0.1, -0.05) is 70.9 Å². The van der Waals surface area contributed by atoms with Crippen LogP contribution in [0.4, 0.5) is 0 Å². The van der Waals surface area contributed by atoms with Gasteiger partial charge in [-0.05, 0) is 36.5 Å². The number of unbranched alkanes of at least 4 members (excludes halogenated alkanes) is 6. The first-order valence-electron chi connectivity index (χ1n) is 8.95. The summed E-state index contributed by atoms with van der Waals surface area (Å²) in [6.07, 6.45) is 11.5. The molecule has 23 heavy (non-hydrogen) atoms. The van der Waals surface area contributed by atoms with Gasteiger partial charge in [0.05, 0.1) is 12.0 Å². The molecular formula is C19H32O3S. The molecule has 3 nitrogen and oxygen atoms in total. The topological polar surface area (TPSA) is 43.4 Å². The minimum atomic E-state index is -3.58. The van der Waals surface area contributed by atoms with E-state index in [4.69, 9.17) is 0 Å². The van der Waals surface area contributed by atoms with Gasteiger partial charge >= 0.3 is 0 Å². The van der Waals surface area contributed by atoms with Gasteiger partial charge in [0.25, 0.3) is 10.1 Å². The summed E-state index contributed by atoms with van der Waals surface area (Å²) in [7, 11) is -2.39. The monoisotopic (exact) mass is 340 g/mol. The summed E-state index contributed by atoms with van der Waals surface area (Å²) in [5.74, 6) is 0.518. The lowest BCUT2D eigenvalue weighted by molar-refractivity contribution is 0.397. The molecule has 4 heteroatoms. The van der Waals surface area contributed by atoms with Gasteiger partial charge in [-0.3, -0.25) is 4.18 Å². The van der Waals surface area contributed by atoms with Gasteiger partial charge in [0.1, 0.15) is 0 Å². The number of benzene rings is 1. The van der Waals surface area contributed by atoms with Crippen LogP contribution in [0.1, 0.15) is 83.1 Å². The average Bonchev–Trinajstić information content (AvgIpc) is 2.57. The van der Waals surface area contributed by atoms with E-state index < -0.39 is 10.1 Å². The molecule has 132 valence electrons. The summed E-state index contributed by atoms with van der Waals surface area (Å²) in [4.78, 5) is 0.231. The fourth-order valence-electron chi connectivity index (χ4n) is 2.96. The van der Waals surface area contributed by atoms with Gasteiger partial charge in [-0.25, -0.2) is 0 Å². The molecule has 1 aromatic carbocycles. The Morgan fingerprint density at radius 1 is 0.913 bits per heavy atom. The first-order chi connectivity index (χ1) is 11.0. The molecule has 0 amide bonds. The van der Waals surface area contributed by atoms with Crippen LogP contribution in [0.15, 0.2) is 29.2 Å². The van der Waals surface area contributed by atoms with Crippen LogP contribution in [0.25, 0.3) is 0 Å². The Hall–Kier alpha value is -0.870. The molecule has 0 spiro atoms. The van der Waals surface area contributed by atoms with E-state index in [1.807, 2.05) is 12.1 Å². The van der Waals surface area contributed by atoms with Gasteiger partial charge in [0.15, 0.2) is 0 Å². The molecule has 0 saturated heterocycles. The molecule has 0 aromatic heterocycles. The normalized spacial score (nSPS) is 13.2. The number of hydrogen-bond donors (Lipinski definition) is 0. The lowest BCUT2D eigenvalue weighted by atomic mass is 9.91. The molecule has 0 aliphatic rings. The fourth-order valence-corrected chi connectivity index (χ4v) is 3.62. The van der Waals surface area contributed by atoms with Crippen LogP contribution in [0.5, 0.6) is 0 Å². The fraction of sp³-hybridized carbons (Fsp3) is 0.684. The molecular weight excluding hydrogens is 308 g/mol. The van der Waals surface area contributed by atoms with Crippen molar-refractivity contribution in [1.82, 2.24) is 0 Å². The molecule has 0 radical (unpaired) electrons. The Kier molecular flexibility index (Phi) is 9.49. The van der Waals surface area contributed by atoms with Crippen LogP contribution in [-0.4, -0.2) is 15.5 Å². The van der Waals surface area contributed by atoms with Crippen molar-refractivity contribution in [2.24, 2.45) is 0 Å². The molecule has 1 aromatic rings. The van der Waals surface area contributed by atoms with Crippen molar-refractivity contribution < 1.29 is 12.6 Å². The van der Waals surface area contributed by atoms with Gasteiger partial charge in [-0.2, -0.15) is 8.42 Å². The van der Waals surface area contributed by atoms with E-state index in [1.54, 1.807) is 12.1 Å². The van der Waals surface area contributed by atoms with E-state index in [0.717, 1.165) is 6.42 Å². The quantitative estimate of drug-likeness (QED) is 0.364. The van der Waals surface area contributed by atoms with Crippen molar-refractivity contribution in [3.8, 4) is 0 Å². The molecule has 0 bridgehead atoms. The van der Waals surface area contributed by atoms with E-state index >= 15 is 0 Å².